The quantitative estimate of drug-likeness (QED) is 0.317. The van der Waals surface area contributed by atoms with E-state index in [4.69, 9.17) is 9.47 Å². The molecule has 0 aliphatic heterocycles. The van der Waals surface area contributed by atoms with E-state index in [2.05, 4.69) is 5.32 Å². The van der Waals surface area contributed by atoms with Crippen molar-refractivity contribution >= 4 is 17.7 Å². The van der Waals surface area contributed by atoms with E-state index in [-0.39, 0.29) is 24.7 Å². The molecule has 1 aliphatic carbocycles. The van der Waals surface area contributed by atoms with Gasteiger partial charge in [-0.25, -0.2) is 14.0 Å². The molecular formula is C29H39FN2O5. The monoisotopic (exact) mass is 514 g/mol. The molecule has 1 aliphatic rings. The van der Waals surface area contributed by atoms with E-state index in [0.717, 1.165) is 24.3 Å². The fourth-order valence-electron chi connectivity index (χ4n) is 4.75. The van der Waals surface area contributed by atoms with Crippen LogP contribution in [0.15, 0.2) is 48.5 Å². The molecule has 1 unspecified atom stereocenters. The second kappa shape index (κ2) is 15.2. The topological polar surface area (TPSA) is 88.1 Å². The van der Waals surface area contributed by atoms with Crippen LogP contribution in [0.4, 0.5) is 14.9 Å². The number of nitrogens with zero attached hydrogens (tertiary/aromatic N) is 1. The van der Waals surface area contributed by atoms with E-state index in [1.54, 1.807) is 42.2 Å². The van der Waals surface area contributed by atoms with Crippen LogP contribution in [0, 0.1) is 11.7 Å². The summed E-state index contributed by atoms with van der Waals surface area (Å²) < 4.78 is 25.2. The Hall–Kier alpha value is -3.13. The van der Waals surface area contributed by atoms with Crippen LogP contribution in [0.5, 0.6) is 5.75 Å². The number of ether oxygens (including phenoxy) is 2. The van der Waals surface area contributed by atoms with E-state index in [9.17, 15) is 19.1 Å². The van der Waals surface area contributed by atoms with Crippen LogP contribution in [0.25, 0.3) is 0 Å². The van der Waals surface area contributed by atoms with Crippen molar-refractivity contribution in [3.63, 3.8) is 0 Å². The van der Waals surface area contributed by atoms with Gasteiger partial charge >= 0.3 is 12.0 Å². The van der Waals surface area contributed by atoms with E-state index in [1.807, 2.05) is 12.1 Å². The van der Waals surface area contributed by atoms with Crippen LogP contribution >= 0.6 is 0 Å². The summed E-state index contributed by atoms with van der Waals surface area (Å²) in [4.78, 5) is 26.0. The van der Waals surface area contributed by atoms with Gasteiger partial charge in [0.05, 0.1) is 12.2 Å². The number of halogens is 1. The van der Waals surface area contributed by atoms with E-state index >= 15 is 0 Å². The number of aliphatic carboxylic acids is 1. The first-order chi connectivity index (χ1) is 18.0. The minimum Gasteiger partial charge on any atom is -0.492 e. The number of hydrogen-bond donors (Lipinski definition) is 2. The van der Waals surface area contributed by atoms with Crippen LogP contribution in [-0.2, 0) is 16.0 Å². The van der Waals surface area contributed by atoms with Crippen molar-refractivity contribution < 1.29 is 28.6 Å². The zero-order valence-electron chi connectivity index (χ0n) is 21.7. The van der Waals surface area contributed by atoms with E-state index < -0.39 is 17.9 Å². The van der Waals surface area contributed by atoms with Crippen molar-refractivity contribution in [3.8, 4) is 5.75 Å². The van der Waals surface area contributed by atoms with Crippen LogP contribution < -0.4 is 10.1 Å². The summed E-state index contributed by atoms with van der Waals surface area (Å²) in [5.74, 6) is -0.101. The maximum absolute atomic E-state index is 14.1. The van der Waals surface area contributed by atoms with Gasteiger partial charge in [-0.15, -0.1) is 0 Å². The lowest BCUT2D eigenvalue weighted by atomic mass is 9.86. The zero-order chi connectivity index (χ0) is 26.5. The first-order valence-corrected chi connectivity index (χ1v) is 13.3. The number of benzene rings is 2. The molecular weight excluding hydrogens is 475 g/mol. The third-order valence-electron chi connectivity index (χ3n) is 6.79. The predicted molar refractivity (Wildman–Crippen MR) is 141 cm³/mol. The Kier molecular flexibility index (Phi) is 11.7. The summed E-state index contributed by atoms with van der Waals surface area (Å²) in [7, 11) is 0. The summed E-state index contributed by atoms with van der Waals surface area (Å²) in [6.07, 6.45) is 7.80. The Morgan fingerprint density at radius 3 is 2.49 bits per heavy atom. The zero-order valence-corrected chi connectivity index (χ0v) is 21.7. The number of nitrogens with one attached hydrogen (secondary N) is 1. The molecule has 3 rings (SSSR count). The fraction of sp³-hybridized carbons (Fsp3) is 0.517. The molecule has 0 bridgehead atoms. The first-order valence-electron chi connectivity index (χ1n) is 13.3. The van der Waals surface area contributed by atoms with Crippen LogP contribution in [0.1, 0.15) is 57.4 Å². The second-order valence-corrected chi connectivity index (χ2v) is 9.52. The molecule has 2 aromatic carbocycles. The summed E-state index contributed by atoms with van der Waals surface area (Å²) in [5, 5.41) is 12.0. The highest BCUT2D eigenvalue weighted by Crippen LogP contribution is 2.27. The molecule has 37 heavy (non-hydrogen) atoms. The molecule has 2 amide bonds. The van der Waals surface area contributed by atoms with Crippen molar-refractivity contribution in [3.05, 3.63) is 59.9 Å². The largest absolute Gasteiger partial charge is 0.492 e. The minimum absolute atomic E-state index is 0.160. The molecule has 8 heteroatoms. The molecule has 1 atom stereocenters. The van der Waals surface area contributed by atoms with Crippen molar-refractivity contribution in [2.75, 3.05) is 31.6 Å². The molecule has 0 saturated heterocycles. The normalized spacial score (nSPS) is 14.6. The molecule has 0 radical (unpaired) electrons. The maximum Gasteiger partial charge on any atom is 0.333 e. The molecule has 0 aromatic heterocycles. The van der Waals surface area contributed by atoms with Gasteiger partial charge in [0, 0.05) is 19.6 Å². The summed E-state index contributed by atoms with van der Waals surface area (Å²) >= 11 is 0. The molecule has 2 aromatic rings. The molecule has 1 fully saturated rings. The van der Waals surface area contributed by atoms with Gasteiger partial charge in [0.1, 0.15) is 18.2 Å². The van der Waals surface area contributed by atoms with Crippen LogP contribution in [-0.4, -0.2) is 54.4 Å². The molecule has 1 saturated carbocycles. The van der Waals surface area contributed by atoms with Gasteiger partial charge in [0.15, 0.2) is 6.10 Å². The standard InChI is InChI=1S/C29H39FN2O5/c1-2-36-27(28(33)34)21-23-14-16-24(17-15-23)37-20-19-32(18-8-11-22-9-4-3-5-10-22)29(35)31-26-13-7-6-12-25(26)30/h6-7,12-17,22,27H,2-5,8-11,18-21H2,1H3,(H,31,35)(H,33,34). The van der Waals surface area contributed by atoms with E-state index in [1.165, 1.54) is 38.2 Å². The maximum atomic E-state index is 14.1. The van der Waals surface area contributed by atoms with Crippen molar-refractivity contribution in [1.29, 1.82) is 0 Å². The van der Waals surface area contributed by atoms with Crippen LogP contribution in [0.3, 0.4) is 0 Å². The Bertz CT molecular complexity index is 979. The average Bonchev–Trinajstić information content (AvgIpc) is 2.90. The van der Waals surface area contributed by atoms with Crippen molar-refractivity contribution in [2.24, 2.45) is 5.92 Å². The van der Waals surface area contributed by atoms with Gasteiger partial charge in [-0.2, -0.15) is 0 Å². The molecule has 7 nitrogen and oxygen atoms in total. The van der Waals surface area contributed by atoms with Gasteiger partial charge in [-0.1, -0.05) is 56.4 Å². The van der Waals surface area contributed by atoms with Gasteiger partial charge in [-0.05, 0) is 55.5 Å². The van der Waals surface area contributed by atoms with Gasteiger partial charge in [-0.3, -0.25) is 0 Å². The number of hydrogen-bond acceptors (Lipinski definition) is 4. The van der Waals surface area contributed by atoms with Crippen molar-refractivity contribution in [1.82, 2.24) is 4.90 Å². The highest BCUT2D eigenvalue weighted by Gasteiger charge is 2.19. The van der Waals surface area contributed by atoms with Crippen LogP contribution in [0.2, 0.25) is 0 Å². The minimum atomic E-state index is -0.987. The highest BCUT2D eigenvalue weighted by atomic mass is 19.1. The number of carbonyl (C=O) groups is 2. The third kappa shape index (κ3) is 9.69. The smallest absolute Gasteiger partial charge is 0.333 e. The second-order valence-electron chi connectivity index (χ2n) is 9.52. The third-order valence-corrected chi connectivity index (χ3v) is 6.79. The van der Waals surface area contributed by atoms with Gasteiger partial charge in [0.25, 0.3) is 0 Å². The number of anilines is 1. The lowest BCUT2D eigenvalue weighted by Gasteiger charge is -2.26. The highest BCUT2D eigenvalue weighted by molar-refractivity contribution is 5.89. The Balaban J connectivity index is 1.53. The summed E-state index contributed by atoms with van der Waals surface area (Å²) in [6, 6.07) is 13.0. The summed E-state index contributed by atoms with van der Waals surface area (Å²) in [6.45, 7) is 3.32. The number of urea groups is 1. The Morgan fingerprint density at radius 2 is 1.81 bits per heavy atom. The number of rotatable bonds is 14. The average molecular weight is 515 g/mol. The summed E-state index contributed by atoms with van der Waals surface area (Å²) in [5.41, 5.74) is 0.995. The van der Waals surface area contributed by atoms with Gasteiger partial charge in [0.2, 0.25) is 0 Å². The van der Waals surface area contributed by atoms with Gasteiger partial charge < -0.3 is 24.8 Å². The SMILES string of the molecule is CCOC(Cc1ccc(OCCN(CCCC2CCCCC2)C(=O)Nc2ccccc2F)cc1)C(=O)O. The Morgan fingerprint density at radius 1 is 1.08 bits per heavy atom. The number of carbonyl (C=O) groups excluding carboxylic acids is 1. The number of para-hydroxylation sites is 1. The number of carboxylic acid groups (broad SMARTS) is 1. The molecule has 202 valence electrons. The molecule has 0 heterocycles. The Labute approximate surface area is 219 Å². The van der Waals surface area contributed by atoms with Crippen molar-refractivity contribution in [2.45, 2.75) is 64.4 Å². The first kappa shape index (κ1) is 28.4. The molecule has 2 N–H and O–H groups in total. The fourth-order valence-corrected chi connectivity index (χ4v) is 4.75. The lowest BCUT2D eigenvalue weighted by Crippen LogP contribution is -2.39. The number of carboxylic acids is 1. The number of amides is 2. The molecule has 0 spiro atoms. The predicted octanol–water partition coefficient (Wildman–Crippen LogP) is 6.13. The van der Waals surface area contributed by atoms with E-state index in [0.29, 0.717) is 25.4 Å². The lowest BCUT2D eigenvalue weighted by molar-refractivity contribution is -0.149.